The third-order valence-corrected chi connectivity index (χ3v) is 4.63. The summed E-state index contributed by atoms with van der Waals surface area (Å²) < 4.78 is 0. The van der Waals surface area contributed by atoms with Crippen LogP contribution in [0.25, 0.3) is 0 Å². The molecular weight excluding hydrogens is 348 g/mol. The summed E-state index contributed by atoms with van der Waals surface area (Å²) >= 11 is 1.32. The average Bonchev–Trinajstić information content (AvgIpc) is 3.17. The molecule has 6 heteroatoms. The Balaban J connectivity index is 1.77. The highest BCUT2D eigenvalue weighted by Crippen LogP contribution is 2.16. The lowest BCUT2D eigenvalue weighted by Crippen LogP contribution is -2.45. The van der Waals surface area contributed by atoms with Gasteiger partial charge in [-0.2, -0.15) is 0 Å². The first-order valence-corrected chi connectivity index (χ1v) is 8.98. The molecule has 0 bridgehead atoms. The van der Waals surface area contributed by atoms with Gasteiger partial charge in [0.2, 0.25) is 5.91 Å². The second-order valence-electron chi connectivity index (χ2n) is 5.73. The smallest absolute Gasteiger partial charge is 0.262 e. The van der Waals surface area contributed by atoms with Gasteiger partial charge in [-0.1, -0.05) is 42.5 Å². The molecule has 0 aliphatic rings. The van der Waals surface area contributed by atoms with Crippen molar-refractivity contribution in [2.24, 2.45) is 0 Å². The Hall–Kier alpha value is -3.12. The Morgan fingerprint density at radius 2 is 1.81 bits per heavy atom. The van der Waals surface area contributed by atoms with E-state index in [-0.39, 0.29) is 17.6 Å². The van der Waals surface area contributed by atoms with Crippen molar-refractivity contribution < 1.29 is 14.7 Å². The van der Waals surface area contributed by atoms with Crippen molar-refractivity contribution >= 4 is 28.8 Å². The molecular formula is C20H18N2O3S. The van der Waals surface area contributed by atoms with E-state index in [9.17, 15) is 14.7 Å². The van der Waals surface area contributed by atoms with E-state index in [0.29, 0.717) is 17.0 Å². The fraction of sp³-hybridized carbons (Fsp3) is 0.100. The fourth-order valence-electron chi connectivity index (χ4n) is 2.51. The predicted octanol–water partition coefficient (Wildman–Crippen LogP) is 3.43. The van der Waals surface area contributed by atoms with Gasteiger partial charge in [-0.05, 0) is 29.1 Å². The summed E-state index contributed by atoms with van der Waals surface area (Å²) in [6.45, 7) is 0. The first kappa shape index (κ1) is 17.7. The summed E-state index contributed by atoms with van der Waals surface area (Å²) in [5.41, 5.74) is 1.41. The van der Waals surface area contributed by atoms with Crippen LogP contribution in [0.3, 0.4) is 0 Å². The molecule has 2 aromatic carbocycles. The van der Waals surface area contributed by atoms with Crippen LogP contribution in [-0.4, -0.2) is 23.0 Å². The van der Waals surface area contributed by atoms with Crippen molar-refractivity contribution in [1.29, 1.82) is 0 Å². The lowest BCUT2D eigenvalue weighted by atomic mass is 10.0. The minimum Gasteiger partial charge on any atom is -0.508 e. The summed E-state index contributed by atoms with van der Waals surface area (Å²) in [5, 5.41) is 16.9. The van der Waals surface area contributed by atoms with Crippen molar-refractivity contribution in [2.45, 2.75) is 12.5 Å². The lowest BCUT2D eigenvalue weighted by molar-refractivity contribution is -0.118. The highest BCUT2D eigenvalue weighted by Gasteiger charge is 2.22. The number of amides is 2. The quantitative estimate of drug-likeness (QED) is 0.625. The van der Waals surface area contributed by atoms with Crippen LogP contribution >= 0.6 is 11.3 Å². The number of hydrogen-bond donors (Lipinski definition) is 3. The molecule has 26 heavy (non-hydrogen) atoms. The van der Waals surface area contributed by atoms with Crippen LogP contribution in [0, 0.1) is 0 Å². The molecule has 0 spiro atoms. The third kappa shape index (κ3) is 4.70. The van der Waals surface area contributed by atoms with Gasteiger partial charge in [0.25, 0.3) is 5.91 Å². The Bertz CT molecular complexity index is 879. The number of phenols is 1. The van der Waals surface area contributed by atoms with Crippen LogP contribution < -0.4 is 10.6 Å². The van der Waals surface area contributed by atoms with E-state index in [4.69, 9.17) is 0 Å². The Labute approximate surface area is 155 Å². The molecule has 3 rings (SSSR count). The Morgan fingerprint density at radius 3 is 2.50 bits per heavy atom. The summed E-state index contributed by atoms with van der Waals surface area (Å²) in [7, 11) is 0. The molecule has 3 aromatic rings. The number of thiophene rings is 1. The molecule has 1 heterocycles. The molecule has 0 aliphatic carbocycles. The van der Waals surface area contributed by atoms with Gasteiger partial charge < -0.3 is 15.7 Å². The van der Waals surface area contributed by atoms with Crippen LogP contribution in [0.4, 0.5) is 5.69 Å². The third-order valence-electron chi connectivity index (χ3n) is 3.76. The maximum Gasteiger partial charge on any atom is 0.262 e. The number of hydrogen-bond acceptors (Lipinski definition) is 4. The van der Waals surface area contributed by atoms with Crippen LogP contribution in [0.5, 0.6) is 5.75 Å². The molecule has 0 saturated heterocycles. The minimum atomic E-state index is -0.741. The maximum atomic E-state index is 12.7. The SMILES string of the molecule is O=C(NC(Cc1ccccc1)C(=O)Nc1cccc(O)c1)c1cccs1. The first-order valence-electron chi connectivity index (χ1n) is 8.10. The van der Waals surface area contributed by atoms with Gasteiger partial charge in [-0.3, -0.25) is 9.59 Å². The fourth-order valence-corrected chi connectivity index (χ4v) is 3.14. The van der Waals surface area contributed by atoms with Crippen LogP contribution in [-0.2, 0) is 11.2 Å². The highest BCUT2D eigenvalue weighted by atomic mass is 32.1. The summed E-state index contributed by atoms with van der Waals surface area (Å²) in [6, 6.07) is 18.6. The minimum absolute atomic E-state index is 0.0602. The zero-order valence-corrected chi connectivity index (χ0v) is 14.7. The van der Waals surface area contributed by atoms with Crippen LogP contribution in [0.1, 0.15) is 15.2 Å². The first-order chi connectivity index (χ1) is 12.6. The van der Waals surface area contributed by atoms with Gasteiger partial charge in [0.15, 0.2) is 0 Å². The van der Waals surface area contributed by atoms with Crippen LogP contribution in [0.15, 0.2) is 72.1 Å². The topological polar surface area (TPSA) is 78.4 Å². The number of nitrogens with one attached hydrogen (secondary N) is 2. The van der Waals surface area contributed by atoms with E-state index < -0.39 is 6.04 Å². The standard InChI is InChI=1S/C20H18N2O3S/c23-16-9-4-8-15(13-16)21-19(24)17(12-14-6-2-1-3-7-14)22-20(25)18-10-5-11-26-18/h1-11,13,17,23H,12H2,(H,21,24)(H,22,25). The number of phenolic OH excluding ortho intramolecular Hbond substituents is 1. The second-order valence-corrected chi connectivity index (χ2v) is 6.68. The van der Waals surface area contributed by atoms with E-state index in [1.807, 2.05) is 35.7 Å². The molecule has 1 aromatic heterocycles. The van der Waals surface area contributed by atoms with Gasteiger partial charge >= 0.3 is 0 Å². The number of aromatic hydroxyl groups is 1. The molecule has 0 saturated carbocycles. The van der Waals surface area contributed by atoms with E-state index in [2.05, 4.69) is 10.6 Å². The average molecular weight is 366 g/mol. The zero-order chi connectivity index (χ0) is 18.4. The molecule has 132 valence electrons. The number of carbonyl (C=O) groups excluding carboxylic acids is 2. The molecule has 0 fully saturated rings. The zero-order valence-electron chi connectivity index (χ0n) is 13.9. The van der Waals surface area contributed by atoms with Gasteiger partial charge in [0.05, 0.1) is 4.88 Å². The number of anilines is 1. The van der Waals surface area contributed by atoms with Crippen molar-refractivity contribution in [3.05, 3.63) is 82.6 Å². The molecule has 5 nitrogen and oxygen atoms in total. The summed E-state index contributed by atoms with van der Waals surface area (Å²) in [5.74, 6) is -0.568. The van der Waals surface area contributed by atoms with E-state index in [1.54, 1.807) is 24.3 Å². The molecule has 1 atom stereocenters. The monoisotopic (exact) mass is 366 g/mol. The van der Waals surface area contributed by atoms with Crippen LogP contribution in [0.2, 0.25) is 0 Å². The van der Waals surface area contributed by atoms with Crippen molar-refractivity contribution in [2.75, 3.05) is 5.32 Å². The number of rotatable bonds is 6. The summed E-state index contributed by atoms with van der Waals surface area (Å²) in [6.07, 6.45) is 0.364. The van der Waals surface area contributed by atoms with Crippen molar-refractivity contribution in [3.8, 4) is 5.75 Å². The van der Waals surface area contributed by atoms with E-state index in [1.165, 1.54) is 23.5 Å². The van der Waals surface area contributed by atoms with Gasteiger partial charge in [0.1, 0.15) is 11.8 Å². The summed E-state index contributed by atoms with van der Waals surface area (Å²) in [4.78, 5) is 25.7. The predicted molar refractivity (Wildman–Crippen MR) is 102 cm³/mol. The highest BCUT2D eigenvalue weighted by molar-refractivity contribution is 7.12. The normalized spacial score (nSPS) is 11.5. The molecule has 0 radical (unpaired) electrons. The largest absolute Gasteiger partial charge is 0.508 e. The van der Waals surface area contributed by atoms with Gasteiger partial charge in [0, 0.05) is 18.2 Å². The molecule has 1 unspecified atom stereocenters. The van der Waals surface area contributed by atoms with Gasteiger partial charge in [-0.15, -0.1) is 11.3 Å². The lowest BCUT2D eigenvalue weighted by Gasteiger charge is -2.18. The molecule has 0 aliphatic heterocycles. The van der Waals surface area contributed by atoms with Gasteiger partial charge in [-0.25, -0.2) is 0 Å². The van der Waals surface area contributed by atoms with Crippen molar-refractivity contribution in [3.63, 3.8) is 0 Å². The molecule has 3 N–H and O–H groups in total. The van der Waals surface area contributed by atoms with Crippen molar-refractivity contribution in [1.82, 2.24) is 5.32 Å². The maximum absolute atomic E-state index is 12.7. The second kappa shape index (κ2) is 8.31. The Kier molecular flexibility index (Phi) is 5.66. The van der Waals surface area contributed by atoms with E-state index >= 15 is 0 Å². The molecule has 2 amide bonds. The Morgan fingerprint density at radius 1 is 1.00 bits per heavy atom. The number of carbonyl (C=O) groups is 2. The van der Waals surface area contributed by atoms with E-state index in [0.717, 1.165) is 5.56 Å². The number of benzene rings is 2.